The molecule has 2 nitrogen and oxygen atoms in total. The highest BCUT2D eigenvalue weighted by Gasteiger charge is 2.14. The lowest BCUT2D eigenvalue weighted by molar-refractivity contribution is 0.185. The standard InChI is InChI=1S/C16H23BrClNO/c1-13-6-9-19(10-7-13)8-2-3-11-20-16-5-4-14(17)12-15(16)18/h4-5,12-13H,2-3,6-11H2,1H3. The molecule has 0 atom stereocenters. The van der Waals surface area contributed by atoms with Gasteiger partial charge in [0.15, 0.2) is 0 Å². The van der Waals surface area contributed by atoms with Gasteiger partial charge in [-0.05, 0) is 69.4 Å². The first-order valence-corrected chi connectivity index (χ1v) is 8.62. The van der Waals surface area contributed by atoms with Gasteiger partial charge in [-0.15, -0.1) is 0 Å². The molecule has 4 heteroatoms. The van der Waals surface area contributed by atoms with Crippen LogP contribution in [0.4, 0.5) is 0 Å². The van der Waals surface area contributed by atoms with Gasteiger partial charge in [-0.25, -0.2) is 0 Å². The zero-order chi connectivity index (χ0) is 14.4. The Hall–Kier alpha value is -0.250. The largest absolute Gasteiger partial charge is 0.492 e. The lowest BCUT2D eigenvalue weighted by Crippen LogP contribution is -2.33. The van der Waals surface area contributed by atoms with E-state index >= 15 is 0 Å². The molecule has 0 radical (unpaired) electrons. The third-order valence-electron chi connectivity index (χ3n) is 3.90. The number of piperidine rings is 1. The summed E-state index contributed by atoms with van der Waals surface area (Å²) in [5, 5.41) is 0.671. The van der Waals surface area contributed by atoms with Gasteiger partial charge in [0, 0.05) is 4.47 Å². The summed E-state index contributed by atoms with van der Waals surface area (Å²) in [6.45, 7) is 6.82. The van der Waals surface area contributed by atoms with Gasteiger partial charge in [-0.3, -0.25) is 0 Å². The topological polar surface area (TPSA) is 12.5 Å². The van der Waals surface area contributed by atoms with E-state index in [1.165, 1.54) is 38.9 Å². The molecule has 0 N–H and O–H groups in total. The molecule has 20 heavy (non-hydrogen) atoms. The molecule has 0 unspecified atom stereocenters. The van der Waals surface area contributed by atoms with Gasteiger partial charge in [-0.1, -0.05) is 34.5 Å². The third kappa shape index (κ3) is 5.27. The first-order valence-electron chi connectivity index (χ1n) is 7.45. The normalized spacial score (nSPS) is 17.4. The maximum Gasteiger partial charge on any atom is 0.137 e. The van der Waals surface area contributed by atoms with Crippen LogP contribution in [0.5, 0.6) is 5.75 Å². The molecule has 112 valence electrons. The number of likely N-dealkylation sites (tertiary alicyclic amines) is 1. The highest BCUT2D eigenvalue weighted by atomic mass is 79.9. The van der Waals surface area contributed by atoms with Gasteiger partial charge in [0.05, 0.1) is 11.6 Å². The second-order valence-corrected chi connectivity index (χ2v) is 6.98. The van der Waals surface area contributed by atoms with Crippen LogP contribution in [0.25, 0.3) is 0 Å². The molecule has 2 rings (SSSR count). The second kappa shape index (κ2) is 8.26. The Morgan fingerprint density at radius 2 is 2.05 bits per heavy atom. The monoisotopic (exact) mass is 359 g/mol. The minimum absolute atomic E-state index is 0.671. The third-order valence-corrected chi connectivity index (χ3v) is 4.69. The fourth-order valence-electron chi connectivity index (χ4n) is 2.50. The number of rotatable bonds is 6. The van der Waals surface area contributed by atoms with Crippen molar-refractivity contribution >= 4 is 27.5 Å². The van der Waals surface area contributed by atoms with E-state index in [2.05, 4.69) is 27.8 Å². The van der Waals surface area contributed by atoms with E-state index in [0.717, 1.165) is 29.2 Å². The van der Waals surface area contributed by atoms with Crippen LogP contribution < -0.4 is 4.74 Å². The van der Waals surface area contributed by atoms with Crippen molar-refractivity contribution in [1.82, 2.24) is 4.90 Å². The summed E-state index contributed by atoms with van der Waals surface area (Å²) < 4.78 is 6.71. The molecule has 0 amide bonds. The molecule has 1 aromatic carbocycles. The summed E-state index contributed by atoms with van der Waals surface area (Å²) in [4.78, 5) is 2.58. The van der Waals surface area contributed by atoms with Gasteiger partial charge < -0.3 is 9.64 Å². The average Bonchev–Trinajstić information content (AvgIpc) is 2.42. The number of ether oxygens (including phenoxy) is 1. The number of hydrogen-bond donors (Lipinski definition) is 0. The predicted molar refractivity (Wildman–Crippen MR) is 88.7 cm³/mol. The molecule has 1 aliphatic rings. The Morgan fingerprint density at radius 1 is 1.30 bits per heavy atom. The first kappa shape index (κ1) is 16.1. The molecule has 0 saturated carbocycles. The van der Waals surface area contributed by atoms with Crippen LogP contribution >= 0.6 is 27.5 Å². The zero-order valence-electron chi connectivity index (χ0n) is 12.1. The van der Waals surface area contributed by atoms with Crippen molar-refractivity contribution in [2.24, 2.45) is 5.92 Å². The van der Waals surface area contributed by atoms with E-state index in [9.17, 15) is 0 Å². The molecular formula is C16H23BrClNO. The summed E-state index contributed by atoms with van der Waals surface area (Å²) in [6, 6.07) is 5.74. The summed E-state index contributed by atoms with van der Waals surface area (Å²) in [7, 11) is 0. The fourth-order valence-corrected chi connectivity index (χ4v) is 3.23. The van der Waals surface area contributed by atoms with Crippen molar-refractivity contribution in [2.75, 3.05) is 26.2 Å². The Balaban J connectivity index is 1.59. The number of unbranched alkanes of at least 4 members (excludes halogenated alkanes) is 1. The first-order chi connectivity index (χ1) is 9.65. The van der Waals surface area contributed by atoms with Crippen LogP contribution in [0, 0.1) is 5.92 Å². The molecular weight excluding hydrogens is 338 g/mol. The van der Waals surface area contributed by atoms with E-state index in [0.29, 0.717) is 5.02 Å². The molecule has 1 aromatic rings. The van der Waals surface area contributed by atoms with Gasteiger partial charge in [0.1, 0.15) is 5.75 Å². The summed E-state index contributed by atoms with van der Waals surface area (Å²) in [6.07, 6.45) is 4.98. The van der Waals surface area contributed by atoms with Crippen molar-refractivity contribution in [3.63, 3.8) is 0 Å². The van der Waals surface area contributed by atoms with E-state index in [1.54, 1.807) is 0 Å². The Labute approximate surface area is 135 Å². The number of benzene rings is 1. The summed E-state index contributed by atoms with van der Waals surface area (Å²) >= 11 is 9.51. The SMILES string of the molecule is CC1CCN(CCCCOc2ccc(Br)cc2Cl)CC1. The van der Waals surface area contributed by atoms with Crippen LogP contribution in [0.15, 0.2) is 22.7 Å². The molecule has 1 saturated heterocycles. The van der Waals surface area contributed by atoms with Crippen molar-refractivity contribution in [1.29, 1.82) is 0 Å². The molecule has 1 fully saturated rings. The molecule has 1 heterocycles. The van der Waals surface area contributed by atoms with Gasteiger partial charge in [-0.2, -0.15) is 0 Å². The van der Waals surface area contributed by atoms with E-state index < -0.39 is 0 Å². The van der Waals surface area contributed by atoms with Crippen LogP contribution in [-0.2, 0) is 0 Å². The number of hydrogen-bond acceptors (Lipinski definition) is 2. The van der Waals surface area contributed by atoms with Crippen LogP contribution in [0.3, 0.4) is 0 Å². The minimum Gasteiger partial charge on any atom is -0.492 e. The van der Waals surface area contributed by atoms with Crippen molar-refractivity contribution in [2.45, 2.75) is 32.6 Å². The maximum absolute atomic E-state index is 6.11. The van der Waals surface area contributed by atoms with Crippen molar-refractivity contribution < 1.29 is 4.74 Å². The van der Waals surface area contributed by atoms with Crippen LogP contribution in [0.2, 0.25) is 5.02 Å². The van der Waals surface area contributed by atoms with E-state index in [4.69, 9.17) is 16.3 Å². The maximum atomic E-state index is 6.11. The quantitative estimate of drug-likeness (QED) is 0.662. The van der Waals surface area contributed by atoms with E-state index in [1.807, 2.05) is 18.2 Å². The number of halogens is 2. The van der Waals surface area contributed by atoms with Gasteiger partial charge >= 0.3 is 0 Å². The van der Waals surface area contributed by atoms with Gasteiger partial charge in [0.25, 0.3) is 0 Å². The predicted octanol–water partition coefficient (Wildman–Crippen LogP) is 4.99. The molecule has 0 aliphatic carbocycles. The second-order valence-electron chi connectivity index (χ2n) is 5.65. The fraction of sp³-hybridized carbons (Fsp3) is 0.625. The van der Waals surface area contributed by atoms with Crippen molar-refractivity contribution in [3.05, 3.63) is 27.7 Å². The smallest absolute Gasteiger partial charge is 0.137 e. The van der Waals surface area contributed by atoms with E-state index in [-0.39, 0.29) is 0 Å². The Morgan fingerprint density at radius 3 is 2.75 bits per heavy atom. The highest BCUT2D eigenvalue weighted by molar-refractivity contribution is 9.10. The molecule has 0 bridgehead atoms. The van der Waals surface area contributed by atoms with Gasteiger partial charge in [0.2, 0.25) is 0 Å². The minimum atomic E-state index is 0.671. The summed E-state index contributed by atoms with van der Waals surface area (Å²) in [5.74, 6) is 1.69. The van der Waals surface area contributed by atoms with Crippen LogP contribution in [-0.4, -0.2) is 31.1 Å². The Kier molecular flexibility index (Phi) is 6.66. The van der Waals surface area contributed by atoms with Crippen molar-refractivity contribution in [3.8, 4) is 5.75 Å². The zero-order valence-corrected chi connectivity index (χ0v) is 14.4. The molecule has 0 spiro atoms. The summed E-state index contributed by atoms with van der Waals surface area (Å²) in [5.41, 5.74) is 0. The van der Waals surface area contributed by atoms with Crippen LogP contribution in [0.1, 0.15) is 32.6 Å². The lowest BCUT2D eigenvalue weighted by Gasteiger charge is -2.30. The Bertz CT molecular complexity index is 419. The lowest BCUT2D eigenvalue weighted by atomic mass is 9.99. The average molecular weight is 361 g/mol. The highest BCUT2D eigenvalue weighted by Crippen LogP contribution is 2.27. The molecule has 0 aromatic heterocycles. The molecule has 1 aliphatic heterocycles. The number of nitrogens with zero attached hydrogens (tertiary/aromatic N) is 1.